The van der Waals surface area contributed by atoms with Crippen LogP contribution in [0.5, 0.6) is 0 Å². The van der Waals surface area contributed by atoms with Crippen molar-refractivity contribution >= 4 is 5.97 Å². The number of nitrogens with zero attached hydrogens (tertiary/aromatic N) is 2. The van der Waals surface area contributed by atoms with Crippen LogP contribution in [-0.4, -0.2) is 20.9 Å². The number of aromatic carboxylic acids is 1. The van der Waals surface area contributed by atoms with Crippen LogP contribution in [0.1, 0.15) is 34.5 Å². The summed E-state index contributed by atoms with van der Waals surface area (Å²) in [6.45, 7) is 3.88. The van der Waals surface area contributed by atoms with E-state index in [1.165, 1.54) is 22.9 Å². The molecule has 126 valence electrons. The Labute approximate surface area is 145 Å². The van der Waals surface area contributed by atoms with Crippen molar-refractivity contribution in [3.8, 4) is 11.3 Å². The lowest BCUT2D eigenvalue weighted by Crippen LogP contribution is -2.26. The second-order valence-electron chi connectivity index (χ2n) is 5.97. The van der Waals surface area contributed by atoms with Crippen molar-refractivity contribution in [2.45, 2.75) is 19.9 Å². The number of rotatable bonds is 4. The van der Waals surface area contributed by atoms with Crippen molar-refractivity contribution in [2.75, 3.05) is 0 Å². The molecular formula is C20H18N2O3. The van der Waals surface area contributed by atoms with Gasteiger partial charge in [0.25, 0.3) is 5.56 Å². The van der Waals surface area contributed by atoms with E-state index in [9.17, 15) is 9.59 Å². The molecule has 3 rings (SSSR count). The predicted molar refractivity (Wildman–Crippen MR) is 95.9 cm³/mol. The van der Waals surface area contributed by atoms with E-state index in [1.807, 2.05) is 38.1 Å². The van der Waals surface area contributed by atoms with Gasteiger partial charge in [0.2, 0.25) is 0 Å². The zero-order valence-corrected chi connectivity index (χ0v) is 14.0. The monoisotopic (exact) mass is 334 g/mol. The third-order valence-corrected chi connectivity index (χ3v) is 4.18. The maximum Gasteiger partial charge on any atom is 0.335 e. The molecule has 0 aliphatic heterocycles. The minimum Gasteiger partial charge on any atom is -0.478 e. The van der Waals surface area contributed by atoms with Gasteiger partial charge in [0, 0.05) is 11.6 Å². The summed E-state index contributed by atoms with van der Waals surface area (Å²) in [5, 5.41) is 13.5. The van der Waals surface area contributed by atoms with E-state index in [-0.39, 0.29) is 17.2 Å². The average Bonchev–Trinajstić information content (AvgIpc) is 2.62. The Kier molecular flexibility index (Phi) is 4.48. The van der Waals surface area contributed by atoms with Gasteiger partial charge in [-0.15, -0.1) is 0 Å². The van der Waals surface area contributed by atoms with E-state index in [2.05, 4.69) is 5.10 Å². The minimum absolute atomic E-state index is 0.203. The summed E-state index contributed by atoms with van der Waals surface area (Å²) >= 11 is 0. The maximum absolute atomic E-state index is 12.3. The van der Waals surface area contributed by atoms with Gasteiger partial charge < -0.3 is 5.11 Å². The van der Waals surface area contributed by atoms with Gasteiger partial charge in [-0.2, -0.15) is 5.10 Å². The fourth-order valence-electron chi connectivity index (χ4n) is 2.63. The molecule has 0 saturated carbocycles. The number of hydrogen-bond acceptors (Lipinski definition) is 3. The van der Waals surface area contributed by atoms with Gasteiger partial charge in [-0.25, -0.2) is 9.48 Å². The first-order valence-corrected chi connectivity index (χ1v) is 7.96. The van der Waals surface area contributed by atoms with Gasteiger partial charge >= 0.3 is 5.97 Å². The Bertz CT molecular complexity index is 957. The Morgan fingerprint density at radius 1 is 1.00 bits per heavy atom. The van der Waals surface area contributed by atoms with Crippen LogP contribution >= 0.6 is 0 Å². The van der Waals surface area contributed by atoms with Crippen LogP contribution in [0.2, 0.25) is 0 Å². The number of carbonyl (C=O) groups is 1. The van der Waals surface area contributed by atoms with Crippen molar-refractivity contribution in [3.05, 3.63) is 87.7 Å². The van der Waals surface area contributed by atoms with Crippen LogP contribution in [0.3, 0.4) is 0 Å². The topological polar surface area (TPSA) is 72.2 Å². The summed E-state index contributed by atoms with van der Waals surface area (Å²) < 4.78 is 1.42. The molecule has 0 fully saturated rings. The molecule has 0 bridgehead atoms. The Hall–Kier alpha value is -3.21. The van der Waals surface area contributed by atoms with Crippen molar-refractivity contribution in [2.24, 2.45) is 0 Å². The maximum atomic E-state index is 12.3. The number of aryl methyl sites for hydroxylation is 1. The van der Waals surface area contributed by atoms with Crippen molar-refractivity contribution in [1.82, 2.24) is 9.78 Å². The average molecular weight is 334 g/mol. The van der Waals surface area contributed by atoms with Gasteiger partial charge in [0.1, 0.15) is 0 Å². The van der Waals surface area contributed by atoms with Crippen molar-refractivity contribution in [3.63, 3.8) is 0 Å². The third-order valence-electron chi connectivity index (χ3n) is 4.18. The summed E-state index contributed by atoms with van der Waals surface area (Å²) in [7, 11) is 0. The molecule has 3 aromatic rings. The molecule has 5 heteroatoms. The zero-order chi connectivity index (χ0) is 18.0. The molecule has 2 aromatic carbocycles. The number of benzene rings is 2. The Morgan fingerprint density at radius 2 is 1.64 bits per heavy atom. The fraction of sp³-hybridized carbons (Fsp3) is 0.150. The first-order chi connectivity index (χ1) is 12.0. The highest BCUT2D eigenvalue weighted by Gasteiger charge is 2.13. The van der Waals surface area contributed by atoms with Gasteiger partial charge in [-0.05, 0) is 37.6 Å². The van der Waals surface area contributed by atoms with E-state index in [1.54, 1.807) is 18.2 Å². The van der Waals surface area contributed by atoms with Crippen LogP contribution < -0.4 is 5.56 Å². The quantitative estimate of drug-likeness (QED) is 0.792. The summed E-state index contributed by atoms with van der Waals surface area (Å²) in [6, 6.07) is 17.3. The highest BCUT2D eigenvalue weighted by Crippen LogP contribution is 2.20. The van der Waals surface area contributed by atoms with E-state index in [0.29, 0.717) is 5.69 Å². The molecular weight excluding hydrogens is 316 g/mol. The van der Waals surface area contributed by atoms with Gasteiger partial charge in [-0.1, -0.05) is 42.0 Å². The highest BCUT2D eigenvalue weighted by molar-refractivity contribution is 5.87. The summed E-state index contributed by atoms with van der Waals surface area (Å²) in [5.74, 6) is -0.976. The first kappa shape index (κ1) is 16.6. The molecule has 0 spiro atoms. The van der Waals surface area contributed by atoms with Crippen LogP contribution in [0, 0.1) is 6.92 Å². The summed E-state index contributed by atoms with van der Waals surface area (Å²) in [5.41, 5.74) is 3.64. The molecule has 1 aromatic heterocycles. The zero-order valence-electron chi connectivity index (χ0n) is 14.0. The predicted octanol–water partition coefficient (Wildman–Crippen LogP) is 3.53. The second-order valence-corrected chi connectivity index (χ2v) is 5.97. The molecule has 25 heavy (non-hydrogen) atoms. The molecule has 0 aliphatic rings. The number of aromatic nitrogens is 2. The first-order valence-electron chi connectivity index (χ1n) is 7.96. The number of carboxylic acids is 1. The lowest BCUT2D eigenvalue weighted by Gasteiger charge is -2.15. The van der Waals surface area contributed by atoms with Crippen LogP contribution in [0.15, 0.2) is 65.5 Å². The molecule has 0 amide bonds. The van der Waals surface area contributed by atoms with E-state index < -0.39 is 5.97 Å². The highest BCUT2D eigenvalue weighted by atomic mass is 16.4. The van der Waals surface area contributed by atoms with E-state index >= 15 is 0 Å². The molecule has 1 atom stereocenters. The largest absolute Gasteiger partial charge is 0.478 e. The molecule has 0 radical (unpaired) electrons. The Balaban J connectivity index is 1.98. The Morgan fingerprint density at radius 3 is 2.24 bits per heavy atom. The summed E-state index contributed by atoms with van der Waals surface area (Å²) in [6.07, 6.45) is 0. The summed E-state index contributed by atoms with van der Waals surface area (Å²) in [4.78, 5) is 23.2. The molecule has 0 aliphatic carbocycles. The molecule has 0 unspecified atom stereocenters. The van der Waals surface area contributed by atoms with Gasteiger partial charge in [0.05, 0.1) is 17.3 Å². The van der Waals surface area contributed by atoms with Gasteiger partial charge in [0.15, 0.2) is 0 Å². The molecule has 5 nitrogen and oxygen atoms in total. The molecule has 0 saturated heterocycles. The van der Waals surface area contributed by atoms with E-state index in [0.717, 1.165) is 16.7 Å². The van der Waals surface area contributed by atoms with E-state index in [4.69, 9.17) is 5.11 Å². The normalized spacial score (nSPS) is 11.9. The molecule has 1 heterocycles. The van der Waals surface area contributed by atoms with Crippen LogP contribution in [0.4, 0.5) is 0 Å². The number of carboxylic acid groups (broad SMARTS) is 1. The fourth-order valence-corrected chi connectivity index (χ4v) is 2.63. The minimum atomic E-state index is -0.976. The SMILES string of the molecule is Cc1ccc(-c2ccc(=O)n([C@@H](C)c3ccc(C(=O)O)cc3)n2)cc1. The van der Waals surface area contributed by atoms with Gasteiger partial charge in [-0.3, -0.25) is 4.79 Å². The lowest BCUT2D eigenvalue weighted by atomic mass is 10.1. The smallest absolute Gasteiger partial charge is 0.335 e. The third kappa shape index (κ3) is 3.50. The van der Waals surface area contributed by atoms with Crippen molar-refractivity contribution in [1.29, 1.82) is 0 Å². The standard InChI is InChI=1S/C20H18N2O3/c1-13-3-5-16(6-4-13)18-11-12-19(23)22(21-18)14(2)15-7-9-17(10-8-15)20(24)25/h3-12,14H,1-2H3,(H,24,25)/t14-/m0/s1. The molecule has 1 N–H and O–H groups in total. The number of hydrogen-bond donors (Lipinski definition) is 1. The van der Waals surface area contributed by atoms with Crippen LogP contribution in [-0.2, 0) is 0 Å². The lowest BCUT2D eigenvalue weighted by molar-refractivity contribution is 0.0697. The van der Waals surface area contributed by atoms with Crippen molar-refractivity contribution < 1.29 is 9.90 Å². The second kappa shape index (κ2) is 6.73. The van der Waals surface area contributed by atoms with Crippen LogP contribution in [0.25, 0.3) is 11.3 Å².